The van der Waals surface area contributed by atoms with Crippen molar-refractivity contribution in [2.45, 2.75) is 9.79 Å². The minimum Gasteiger partial charge on any atom is -0.369 e. The van der Waals surface area contributed by atoms with Crippen molar-refractivity contribution in [3.05, 3.63) is 24.3 Å². The Labute approximate surface area is 92.8 Å². The van der Waals surface area contributed by atoms with Gasteiger partial charge in [-0.3, -0.25) is 4.79 Å². The van der Waals surface area contributed by atoms with Crippen LogP contribution in [0.15, 0.2) is 34.1 Å². The number of hydrogen-bond acceptors (Lipinski definition) is 4. The molecule has 2 N–H and O–H groups in total. The number of thioether (sulfide) groups is 1. The number of primary amides is 1. The molecule has 0 radical (unpaired) electrons. The molecule has 15 heavy (non-hydrogen) atoms. The zero-order chi connectivity index (χ0) is 11.5. The number of nitrogens with two attached hydrogens (primary N) is 1. The Balaban J connectivity index is 2.77. The van der Waals surface area contributed by atoms with Gasteiger partial charge in [-0.1, -0.05) is 0 Å². The maximum absolute atomic E-state index is 11.1. The molecule has 0 bridgehead atoms. The van der Waals surface area contributed by atoms with Crippen LogP contribution in [0, 0.1) is 0 Å². The van der Waals surface area contributed by atoms with Crippen LogP contribution in [0.3, 0.4) is 0 Å². The normalized spacial score (nSPS) is 11.3. The highest BCUT2D eigenvalue weighted by Gasteiger charge is 2.06. The summed E-state index contributed by atoms with van der Waals surface area (Å²) >= 11 is 1.28. The summed E-state index contributed by atoms with van der Waals surface area (Å²) in [5.41, 5.74) is 4.98. The number of rotatable bonds is 4. The molecule has 6 heteroatoms. The monoisotopic (exact) mass is 245 g/mol. The molecule has 0 spiro atoms. The van der Waals surface area contributed by atoms with E-state index in [4.69, 9.17) is 5.73 Å². The van der Waals surface area contributed by atoms with E-state index < -0.39 is 15.7 Å². The minimum atomic E-state index is -3.15. The number of amides is 1. The van der Waals surface area contributed by atoms with Gasteiger partial charge in [0.2, 0.25) is 5.91 Å². The van der Waals surface area contributed by atoms with Crippen molar-refractivity contribution in [1.82, 2.24) is 0 Å². The summed E-state index contributed by atoms with van der Waals surface area (Å²) in [5, 5.41) is 0. The smallest absolute Gasteiger partial charge is 0.227 e. The second kappa shape index (κ2) is 4.67. The van der Waals surface area contributed by atoms with Crippen molar-refractivity contribution in [2.24, 2.45) is 5.73 Å². The zero-order valence-electron chi connectivity index (χ0n) is 8.14. The number of carbonyl (C=O) groups is 1. The predicted molar refractivity (Wildman–Crippen MR) is 59.5 cm³/mol. The van der Waals surface area contributed by atoms with Crippen molar-refractivity contribution in [2.75, 3.05) is 12.0 Å². The first-order valence-corrected chi connectivity index (χ1v) is 6.98. The van der Waals surface area contributed by atoms with E-state index in [0.29, 0.717) is 0 Å². The molecule has 0 aliphatic heterocycles. The molecule has 0 atom stereocenters. The van der Waals surface area contributed by atoms with E-state index in [1.54, 1.807) is 12.1 Å². The summed E-state index contributed by atoms with van der Waals surface area (Å²) in [6, 6.07) is 6.34. The first kappa shape index (κ1) is 12.1. The lowest BCUT2D eigenvalue weighted by Crippen LogP contribution is -2.12. The first-order chi connectivity index (χ1) is 6.89. The van der Waals surface area contributed by atoms with Crippen LogP contribution in [0.2, 0.25) is 0 Å². The molecular formula is C9H11NO3S2. The van der Waals surface area contributed by atoms with Crippen LogP contribution in [0.25, 0.3) is 0 Å². The summed E-state index contributed by atoms with van der Waals surface area (Å²) in [4.78, 5) is 11.6. The Morgan fingerprint density at radius 1 is 1.33 bits per heavy atom. The minimum absolute atomic E-state index is 0.193. The van der Waals surface area contributed by atoms with Gasteiger partial charge >= 0.3 is 0 Å². The lowest BCUT2D eigenvalue weighted by Gasteiger charge is -2.01. The topological polar surface area (TPSA) is 77.2 Å². The van der Waals surface area contributed by atoms with E-state index in [2.05, 4.69) is 0 Å². The Bertz CT molecular complexity index is 451. The van der Waals surface area contributed by atoms with Crippen molar-refractivity contribution in [3.63, 3.8) is 0 Å². The van der Waals surface area contributed by atoms with E-state index in [1.165, 1.54) is 23.9 Å². The molecule has 1 rings (SSSR count). The largest absolute Gasteiger partial charge is 0.369 e. The number of benzene rings is 1. The van der Waals surface area contributed by atoms with Crippen LogP contribution in [-0.4, -0.2) is 26.3 Å². The van der Waals surface area contributed by atoms with Gasteiger partial charge in [0, 0.05) is 11.2 Å². The fourth-order valence-electron chi connectivity index (χ4n) is 0.938. The van der Waals surface area contributed by atoms with Gasteiger partial charge in [0.25, 0.3) is 0 Å². The summed E-state index contributed by atoms with van der Waals surface area (Å²) < 4.78 is 22.3. The van der Waals surface area contributed by atoms with Crippen molar-refractivity contribution < 1.29 is 13.2 Å². The van der Waals surface area contributed by atoms with Gasteiger partial charge in [-0.25, -0.2) is 8.42 Å². The number of carbonyl (C=O) groups excluding carboxylic acids is 1. The summed E-state index contributed by atoms with van der Waals surface area (Å²) in [6.07, 6.45) is 1.15. The SMILES string of the molecule is CS(=O)(=O)c1ccc(SCC(N)=O)cc1. The average Bonchev–Trinajstić information content (AvgIpc) is 2.14. The number of sulfone groups is 1. The molecule has 0 saturated carbocycles. The molecule has 0 heterocycles. The van der Waals surface area contributed by atoms with Crippen LogP contribution < -0.4 is 5.73 Å². The van der Waals surface area contributed by atoms with Crippen LogP contribution in [0.4, 0.5) is 0 Å². The Morgan fingerprint density at radius 2 is 1.87 bits per heavy atom. The molecular weight excluding hydrogens is 234 g/mol. The lowest BCUT2D eigenvalue weighted by molar-refractivity contribution is -0.115. The summed E-state index contributed by atoms with van der Waals surface area (Å²) in [6.45, 7) is 0. The predicted octanol–water partition coefficient (Wildman–Crippen LogP) is 0.667. The molecule has 1 aromatic rings. The Hall–Kier alpha value is -1.01. The third-order valence-electron chi connectivity index (χ3n) is 1.63. The summed E-state index contributed by atoms with van der Waals surface area (Å²) in [7, 11) is -3.15. The van der Waals surface area contributed by atoms with E-state index in [1.807, 2.05) is 0 Å². The van der Waals surface area contributed by atoms with Gasteiger partial charge in [0.1, 0.15) is 0 Å². The van der Waals surface area contributed by atoms with E-state index >= 15 is 0 Å². The molecule has 1 amide bonds. The maximum Gasteiger partial charge on any atom is 0.227 e. The molecule has 0 unspecified atom stereocenters. The van der Waals surface area contributed by atoms with Gasteiger partial charge in [0.05, 0.1) is 10.6 Å². The molecule has 82 valence electrons. The van der Waals surface area contributed by atoms with Crippen LogP contribution in [-0.2, 0) is 14.6 Å². The molecule has 0 fully saturated rings. The third kappa shape index (κ3) is 3.93. The molecule has 0 saturated heterocycles. The number of hydrogen-bond donors (Lipinski definition) is 1. The Kier molecular flexibility index (Phi) is 3.76. The van der Waals surface area contributed by atoms with Crippen molar-refractivity contribution in [1.29, 1.82) is 0 Å². The second-order valence-corrected chi connectivity index (χ2v) is 6.06. The van der Waals surface area contributed by atoms with Gasteiger partial charge in [-0.05, 0) is 24.3 Å². The fraction of sp³-hybridized carbons (Fsp3) is 0.222. The Morgan fingerprint density at radius 3 is 2.27 bits per heavy atom. The van der Waals surface area contributed by atoms with Gasteiger partial charge < -0.3 is 5.73 Å². The summed E-state index contributed by atoms with van der Waals surface area (Å²) in [5.74, 6) is -0.203. The van der Waals surface area contributed by atoms with Gasteiger partial charge in [-0.15, -0.1) is 11.8 Å². The molecule has 0 aliphatic carbocycles. The van der Waals surface area contributed by atoms with Gasteiger partial charge in [-0.2, -0.15) is 0 Å². The van der Waals surface area contributed by atoms with Gasteiger partial charge in [0.15, 0.2) is 9.84 Å². The zero-order valence-corrected chi connectivity index (χ0v) is 9.77. The first-order valence-electron chi connectivity index (χ1n) is 4.11. The quantitative estimate of drug-likeness (QED) is 0.791. The van der Waals surface area contributed by atoms with Crippen LogP contribution in [0.5, 0.6) is 0 Å². The van der Waals surface area contributed by atoms with E-state index in [9.17, 15) is 13.2 Å². The molecule has 1 aromatic carbocycles. The highest BCUT2D eigenvalue weighted by Crippen LogP contribution is 2.19. The van der Waals surface area contributed by atoms with Crippen molar-refractivity contribution >= 4 is 27.5 Å². The average molecular weight is 245 g/mol. The van der Waals surface area contributed by atoms with E-state index in [0.717, 1.165) is 11.2 Å². The standard InChI is InChI=1S/C9H11NO3S2/c1-15(12,13)8-4-2-7(3-5-8)14-6-9(10)11/h2-5H,6H2,1H3,(H2,10,11). The highest BCUT2D eigenvalue weighted by atomic mass is 32.2. The third-order valence-corrected chi connectivity index (χ3v) is 3.80. The van der Waals surface area contributed by atoms with E-state index in [-0.39, 0.29) is 10.6 Å². The van der Waals surface area contributed by atoms with Crippen LogP contribution >= 0.6 is 11.8 Å². The fourth-order valence-corrected chi connectivity index (χ4v) is 2.21. The second-order valence-electron chi connectivity index (χ2n) is 3.00. The van der Waals surface area contributed by atoms with Crippen molar-refractivity contribution in [3.8, 4) is 0 Å². The molecule has 0 aliphatic rings. The highest BCUT2D eigenvalue weighted by molar-refractivity contribution is 8.00. The maximum atomic E-state index is 11.1. The molecule has 0 aromatic heterocycles. The molecule has 4 nitrogen and oxygen atoms in total. The lowest BCUT2D eigenvalue weighted by atomic mass is 10.4. The van der Waals surface area contributed by atoms with Crippen LogP contribution in [0.1, 0.15) is 0 Å².